The van der Waals surface area contributed by atoms with Gasteiger partial charge in [0, 0.05) is 5.92 Å². The molecule has 4 rings (SSSR count). The average molecular weight is 343 g/mol. The van der Waals surface area contributed by atoms with Crippen LogP contribution in [0.1, 0.15) is 29.0 Å². The van der Waals surface area contributed by atoms with Crippen LogP contribution in [-0.4, -0.2) is 4.92 Å². The number of nitro groups is 1. The molecule has 5 heteroatoms. The van der Waals surface area contributed by atoms with Crippen LogP contribution < -0.4 is 5.73 Å². The minimum absolute atomic E-state index is 0.00527. The Morgan fingerprint density at radius 1 is 1.12 bits per heavy atom. The Bertz CT molecular complexity index is 999. The van der Waals surface area contributed by atoms with E-state index in [1.54, 1.807) is 0 Å². The second-order valence-corrected chi connectivity index (χ2v) is 6.65. The smallest absolute Gasteiger partial charge is 0.278 e. The van der Waals surface area contributed by atoms with Gasteiger partial charge in [0.1, 0.15) is 11.8 Å². The molecular formula is C21H17N3O2. The van der Waals surface area contributed by atoms with Gasteiger partial charge in [0.25, 0.3) is 5.70 Å². The van der Waals surface area contributed by atoms with Crippen LogP contribution in [0.25, 0.3) is 5.57 Å². The first-order valence-electron chi connectivity index (χ1n) is 8.55. The fourth-order valence-electron chi connectivity index (χ4n) is 4.32. The van der Waals surface area contributed by atoms with Crippen LogP contribution in [0.4, 0.5) is 0 Å². The molecule has 128 valence electrons. The van der Waals surface area contributed by atoms with Gasteiger partial charge in [-0.1, -0.05) is 54.6 Å². The van der Waals surface area contributed by atoms with E-state index in [4.69, 9.17) is 5.73 Å². The van der Waals surface area contributed by atoms with Gasteiger partial charge >= 0.3 is 0 Å². The number of fused-ring (bicyclic) bond motifs is 3. The Morgan fingerprint density at radius 2 is 1.81 bits per heavy atom. The normalized spacial score (nSPS) is 21.7. The summed E-state index contributed by atoms with van der Waals surface area (Å²) in [5.41, 5.74) is 10.2. The number of allylic oxidation sites excluding steroid dienone is 3. The van der Waals surface area contributed by atoms with Crippen molar-refractivity contribution >= 4 is 5.57 Å². The van der Waals surface area contributed by atoms with E-state index in [0.29, 0.717) is 0 Å². The number of hydrogen-bond acceptors (Lipinski definition) is 4. The summed E-state index contributed by atoms with van der Waals surface area (Å²) < 4.78 is 0. The highest BCUT2D eigenvalue weighted by Crippen LogP contribution is 2.51. The summed E-state index contributed by atoms with van der Waals surface area (Å²) in [5, 5.41) is 21.6. The van der Waals surface area contributed by atoms with Gasteiger partial charge in [-0.3, -0.25) is 10.1 Å². The molecule has 2 atom stereocenters. The first-order chi connectivity index (χ1) is 12.6. The van der Waals surface area contributed by atoms with Gasteiger partial charge in [-0.05, 0) is 35.1 Å². The van der Waals surface area contributed by atoms with E-state index in [9.17, 15) is 15.4 Å². The molecule has 0 saturated heterocycles. The largest absolute Gasteiger partial charge is 0.392 e. The van der Waals surface area contributed by atoms with Gasteiger partial charge in [0.2, 0.25) is 0 Å². The van der Waals surface area contributed by atoms with Gasteiger partial charge in [-0.15, -0.1) is 0 Å². The fourth-order valence-corrected chi connectivity index (χ4v) is 4.32. The van der Waals surface area contributed by atoms with Crippen LogP contribution in [0.2, 0.25) is 0 Å². The maximum Gasteiger partial charge on any atom is 0.278 e. The van der Waals surface area contributed by atoms with Gasteiger partial charge in [-0.2, -0.15) is 5.26 Å². The molecule has 2 N–H and O–H groups in total. The molecule has 0 bridgehead atoms. The Kier molecular flexibility index (Phi) is 3.81. The molecule has 2 aliphatic rings. The van der Waals surface area contributed by atoms with Gasteiger partial charge in [0.05, 0.1) is 16.4 Å². The summed E-state index contributed by atoms with van der Waals surface area (Å²) in [6, 6.07) is 19.5. The topological polar surface area (TPSA) is 92.9 Å². The summed E-state index contributed by atoms with van der Waals surface area (Å²) in [5.74, 6) is -0.582. The standard InChI is InChI=1S/C21H17N3O2/c22-12-17-19-15-9-5-4-6-13(15)10-11-16(19)18(14-7-2-1-3-8-14)21(20(17)23)24(25)26/h1-9,16,18H,10-11,23H2/t16-,18-/m0/s1. The minimum Gasteiger partial charge on any atom is -0.392 e. The molecule has 0 aromatic heterocycles. The van der Waals surface area contributed by atoms with Crippen molar-refractivity contribution in [3.05, 3.63) is 98.4 Å². The highest BCUT2D eigenvalue weighted by atomic mass is 16.6. The first kappa shape index (κ1) is 16.1. The van der Waals surface area contributed by atoms with Gasteiger partial charge in [0.15, 0.2) is 0 Å². The van der Waals surface area contributed by atoms with Crippen molar-refractivity contribution in [1.82, 2.24) is 0 Å². The third-order valence-corrected chi connectivity index (χ3v) is 5.38. The van der Waals surface area contributed by atoms with E-state index in [0.717, 1.165) is 35.1 Å². The lowest BCUT2D eigenvalue weighted by molar-refractivity contribution is -0.432. The van der Waals surface area contributed by atoms with Crippen LogP contribution in [0.3, 0.4) is 0 Å². The molecule has 0 aliphatic heterocycles. The molecule has 0 saturated carbocycles. The van der Waals surface area contributed by atoms with Gasteiger partial charge in [-0.25, -0.2) is 0 Å². The molecule has 2 aromatic carbocycles. The van der Waals surface area contributed by atoms with Crippen molar-refractivity contribution in [2.45, 2.75) is 18.8 Å². The zero-order valence-corrected chi connectivity index (χ0v) is 14.1. The first-order valence-corrected chi connectivity index (χ1v) is 8.55. The predicted octanol–water partition coefficient (Wildman–Crippen LogP) is 3.77. The number of hydrogen-bond donors (Lipinski definition) is 1. The summed E-state index contributed by atoms with van der Waals surface area (Å²) in [4.78, 5) is 11.5. The number of nitrogens with zero attached hydrogens (tertiary/aromatic N) is 2. The van der Waals surface area contributed by atoms with Crippen LogP contribution in [0.15, 0.2) is 71.6 Å². The van der Waals surface area contributed by atoms with E-state index in [2.05, 4.69) is 6.07 Å². The van der Waals surface area contributed by atoms with Crippen molar-refractivity contribution in [3.8, 4) is 6.07 Å². The van der Waals surface area contributed by atoms with Crippen LogP contribution >= 0.6 is 0 Å². The van der Waals surface area contributed by atoms with Crippen LogP contribution in [0, 0.1) is 27.4 Å². The second kappa shape index (κ2) is 6.16. The van der Waals surface area contributed by atoms with Crippen molar-refractivity contribution in [2.24, 2.45) is 11.7 Å². The summed E-state index contributed by atoms with van der Waals surface area (Å²) in [6.07, 6.45) is 1.58. The molecule has 0 fully saturated rings. The predicted molar refractivity (Wildman–Crippen MR) is 98.2 cm³/mol. The second-order valence-electron chi connectivity index (χ2n) is 6.65. The zero-order valence-electron chi connectivity index (χ0n) is 14.1. The molecule has 0 unspecified atom stereocenters. The quantitative estimate of drug-likeness (QED) is 0.663. The van der Waals surface area contributed by atoms with E-state index in [-0.39, 0.29) is 22.9 Å². The highest BCUT2D eigenvalue weighted by Gasteiger charge is 2.45. The third kappa shape index (κ3) is 2.31. The highest BCUT2D eigenvalue weighted by molar-refractivity contribution is 5.83. The van der Waals surface area contributed by atoms with Crippen molar-refractivity contribution in [1.29, 1.82) is 5.26 Å². The number of aryl methyl sites for hydroxylation is 1. The lowest BCUT2D eigenvalue weighted by atomic mass is 9.65. The van der Waals surface area contributed by atoms with Gasteiger partial charge < -0.3 is 5.73 Å². The lowest BCUT2D eigenvalue weighted by Gasteiger charge is -2.36. The number of nitrogens with two attached hydrogens (primary N) is 1. The Labute approximate surface area is 151 Å². The minimum atomic E-state index is -0.452. The van der Waals surface area contributed by atoms with E-state index < -0.39 is 10.8 Å². The molecule has 26 heavy (non-hydrogen) atoms. The number of benzene rings is 2. The lowest BCUT2D eigenvalue weighted by Crippen LogP contribution is -2.32. The number of nitriles is 1. The average Bonchev–Trinajstić information content (AvgIpc) is 2.67. The van der Waals surface area contributed by atoms with Crippen molar-refractivity contribution in [2.75, 3.05) is 0 Å². The molecule has 5 nitrogen and oxygen atoms in total. The summed E-state index contributed by atoms with van der Waals surface area (Å²) >= 11 is 0. The van der Waals surface area contributed by atoms with Crippen LogP contribution in [0.5, 0.6) is 0 Å². The van der Waals surface area contributed by atoms with E-state index in [1.165, 1.54) is 0 Å². The Hall–Kier alpha value is -3.39. The molecule has 0 radical (unpaired) electrons. The maximum atomic E-state index is 11.9. The maximum absolute atomic E-state index is 11.9. The molecule has 0 heterocycles. The summed E-state index contributed by atoms with van der Waals surface area (Å²) in [6.45, 7) is 0. The molecule has 0 amide bonds. The molecular weight excluding hydrogens is 326 g/mol. The van der Waals surface area contributed by atoms with Crippen molar-refractivity contribution in [3.63, 3.8) is 0 Å². The fraction of sp³-hybridized carbons (Fsp3) is 0.190. The monoisotopic (exact) mass is 343 g/mol. The molecule has 0 spiro atoms. The Balaban J connectivity index is 2.03. The SMILES string of the molecule is N#CC1=C2c3ccccc3CC[C@H]2[C@H](c2ccccc2)C([N+](=O)[O-])=C1N. The van der Waals surface area contributed by atoms with E-state index >= 15 is 0 Å². The summed E-state index contributed by atoms with van der Waals surface area (Å²) in [7, 11) is 0. The molecule has 2 aromatic rings. The molecule has 2 aliphatic carbocycles. The van der Waals surface area contributed by atoms with E-state index in [1.807, 2.05) is 54.6 Å². The Morgan fingerprint density at radius 3 is 2.50 bits per heavy atom. The van der Waals surface area contributed by atoms with Crippen LogP contribution in [-0.2, 0) is 6.42 Å². The zero-order chi connectivity index (χ0) is 18.3. The van der Waals surface area contributed by atoms with Crippen molar-refractivity contribution < 1.29 is 4.92 Å². The number of rotatable bonds is 2. The third-order valence-electron chi connectivity index (χ3n) is 5.38.